The Bertz CT molecular complexity index is 529. The number of ether oxygens (including phenoxy) is 2. The van der Waals surface area contributed by atoms with Gasteiger partial charge < -0.3 is 14.6 Å². The Morgan fingerprint density at radius 1 is 1.26 bits per heavy atom. The van der Waals surface area contributed by atoms with Crippen LogP contribution < -0.4 is 9.47 Å². The van der Waals surface area contributed by atoms with Crippen molar-refractivity contribution in [3.05, 3.63) is 42.0 Å². The van der Waals surface area contributed by atoms with Crippen LogP contribution in [0.25, 0.3) is 0 Å². The molecule has 0 atom stereocenters. The van der Waals surface area contributed by atoms with Gasteiger partial charge in [0.05, 0.1) is 7.11 Å². The standard InChI is InChI=1S/C14H14O5/c1-3-4-5-6-13(16)19-12-8-10(9-15)7-11(18-2)14(12)17/h3-9,17H,1-2H3/b4-3+,6-5+. The molecular formula is C14H14O5. The van der Waals surface area contributed by atoms with E-state index in [9.17, 15) is 14.7 Å². The van der Waals surface area contributed by atoms with Crippen molar-refractivity contribution in [3.8, 4) is 17.2 Å². The maximum atomic E-state index is 11.5. The second kappa shape index (κ2) is 7.00. The van der Waals surface area contributed by atoms with E-state index in [1.807, 2.05) is 0 Å². The molecule has 1 aromatic carbocycles. The van der Waals surface area contributed by atoms with Crippen molar-refractivity contribution in [2.45, 2.75) is 6.92 Å². The first kappa shape index (κ1) is 14.5. The fourth-order valence-corrected chi connectivity index (χ4v) is 1.29. The first-order chi connectivity index (χ1) is 9.12. The van der Waals surface area contributed by atoms with Gasteiger partial charge in [0.15, 0.2) is 11.5 Å². The second-order valence-corrected chi connectivity index (χ2v) is 3.49. The molecule has 1 aromatic rings. The van der Waals surface area contributed by atoms with Crippen molar-refractivity contribution < 1.29 is 24.2 Å². The predicted octanol–water partition coefficient (Wildman–Crippen LogP) is 2.25. The lowest BCUT2D eigenvalue weighted by Crippen LogP contribution is -2.04. The average Bonchev–Trinajstić information content (AvgIpc) is 2.41. The summed E-state index contributed by atoms with van der Waals surface area (Å²) in [4.78, 5) is 22.2. The maximum Gasteiger partial charge on any atom is 0.336 e. The molecule has 19 heavy (non-hydrogen) atoms. The van der Waals surface area contributed by atoms with Crippen LogP contribution in [0.1, 0.15) is 17.3 Å². The Balaban J connectivity index is 2.99. The Kier molecular flexibility index (Phi) is 5.35. The number of aromatic hydroxyl groups is 1. The third-order valence-electron chi connectivity index (χ3n) is 2.16. The van der Waals surface area contributed by atoms with E-state index in [0.29, 0.717) is 6.29 Å². The van der Waals surface area contributed by atoms with Crippen LogP contribution in [0.3, 0.4) is 0 Å². The molecule has 1 N–H and O–H groups in total. The van der Waals surface area contributed by atoms with Gasteiger partial charge >= 0.3 is 5.97 Å². The van der Waals surface area contributed by atoms with Crippen LogP contribution in [0.15, 0.2) is 36.4 Å². The van der Waals surface area contributed by atoms with Crippen molar-refractivity contribution in [2.75, 3.05) is 7.11 Å². The lowest BCUT2D eigenvalue weighted by atomic mass is 10.2. The van der Waals surface area contributed by atoms with Gasteiger partial charge in [0.25, 0.3) is 0 Å². The number of hydrogen-bond donors (Lipinski definition) is 1. The average molecular weight is 262 g/mol. The summed E-state index contributed by atoms with van der Waals surface area (Å²) in [6, 6.07) is 2.60. The summed E-state index contributed by atoms with van der Waals surface area (Å²) in [6.07, 6.45) is 6.66. The zero-order chi connectivity index (χ0) is 14.3. The summed E-state index contributed by atoms with van der Waals surface area (Å²) in [5.41, 5.74) is 0.231. The van der Waals surface area contributed by atoms with Gasteiger partial charge in [-0.05, 0) is 19.1 Å². The quantitative estimate of drug-likeness (QED) is 0.290. The Morgan fingerprint density at radius 2 is 1.95 bits per heavy atom. The molecule has 0 heterocycles. The van der Waals surface area contributed by atoms with E-state index < -0.39 is 5.97 Å². The molecule has 0 fully saturated rings. The molecule has 0 aliphatic heterocycles. The lowest BCUT2D eigenvalue weighted by Gasteiger charge is -2.09. The van der Waals surface area contributed by atoms with Crippen molar-refractivity contribution in [3.63, 3.8) is 0 Å². The summed E-state index contributed by atoms with van der Waals surface area (Å²) in [7, 11) is 1.33. The van der Waals surface area contributed by atoms with Gasteiger partial charge in [-0.25, -0.2) is 4.79 Å². The molecule has 0 bridgehead atoms. The lowest BCUT2D eigenvalue weighted by molar-refractivity contribution is -0.129. The Morgan fingerprint density at radius 3 is 2.53 bits per heavy atom. The van der Waals surface area contributed by atoms with Crippen molar-refractivity contribution >= 4 is 12.3 Å². The highest BCUT2D eigenvalue weighted by atomic mass is 16.5. The van der Waals surface area contributed by atoms with E-state index in [2.05, 4.69) is 0 Å². The van der Waals surface area contributed by atoms with Crippen molar-refractivity contribution in [2.24, 2.45) is 0 Å². The van der Waals surface area contributed by atoms with Gasteiger partial charge in [0.2, 0.25) is 5.75 Å². The molecule has 5 nitrogen and oxygen atoms in total. The van der Waals surface area contributed by atoms with Crippen LogP contribution in [0.4, 0.5) is 0 Å². The molecule has 0 aliphatic carbocycles. The summed E-state index contributed by atoms with van der Waals surface area (Å²) < 4.78 is 9.81. The minimum absolute atomic E-state index is 0.0600. The number of methoxy groups -OCH3 is 1. The molecule has 0 spiro atoms. The number of phenolic OH excluding ortho intramolecular Hbond substituents is 1. The first-order valence-electron chi connectivity index (χ1n) is 5.49. The third-order valence-corrected chi connectivity index (χ3v) is 2.16. The molecule has 1 rings (SSSR count). The molecule has 0 saturated heterocycles. The second-order valence-electron chi connectivity index (χ2n) is 3.49. The van der Waals surface area contributed by atoms with Crippen LogP contribution in [-0.2, 0) is 4.79 Å². The van der Waals surface area contributed by atoms with E-state index in [4.69, 9.17) is 9.47 Å². The maximum absolute atomic E-state index is 11.5. The number of rotatable bonds is 5. The number of benzene rings is 1. The Hall–Kier alpha value is -2.56. The minimum Gasteiger partial charge on any atom is -0.502 e. The highest BCUT2D eigenvalue weighted by Crippen LogP contribution is 2.37. The van der Waals surface area contributed by atoms with Gasteiger partial charge in [-0.2, -0.15) is 0 Å². The SMILES string of the molecule is C/C=C/C=C/C(=O)Oc1cc(C=O)cc(OC)c1O. The van der Waals surface area contributed by atoms with Crippen LogP contribution >= 0.6 is 0 Å². The van der Waals surface area contributed by atoms with Crippen molar-refractivity contribution in [1.82, 2.24) is 0 Å². The summed E-state index contributed by atoms with van der Waals surface area (Å²) in [6.45, 7) is 1.81. The van der Waals surface area contributed by atoms with E-state index >= 15 is 0 Å². The molecule has 5 heteroatoms. The smallest absolute Gasteiger partial charge is 0.336 e. The van der Waals surface area contributed by atoms with Gasteiger partial charge in [-0.3, -0.25) is 4.79 Å². The number of aldehydes is 1. The molecule has 0 aliphatic rings. The van der Waals surface area contributed by atoms with Gasteiger partial charge in [0.1, 0.15) is 6.29 Å². The van der Waals surface area contributed by atoms with E-state index in [1.165, 1.54) is 31.4 Å². The fourth-order valence-electron chi connectivity index (χ4n) is 1.29. The zero-order valence-electron chi connectivity index (χ0n) is 10.6. The molecule has 0 unspecified atom stereocenters. The van der Waals surface area contributed by atoms with Gasteiger partial charge in [-0.1, -0.05) is 18.2 Å². The van der Waals surface area contributed by atoms with E-state index in [1.54, 1.807) is 19.1 Å². The molecular weight excluding hydrogens is 248 g/mol. The summed E-state index contributed by atoms with van der Waals surface area (Å²) in [5, 5.41) is 9.77. The summed E-state index contributed by atoms with van der Waals surface area (Å²) in [5.74, 6) is -1.07. The summed E-state index contributed by atoms with van der Waals surface area (Å²) >= 11 is 0. The fraction of sp³-hybridized carbons (Fsp3) is 0.143. The topological polar surface area (TPSA) is 72.8 Å². The first-order valence-corrected chi connectivity index (χ1v) is 5.49. The minimum atomic E-state index is -0.668. The Labute approximate surface area is 110 Å². The highest BCUT2D eigenvalue weighted by molar-refractivity contribution is 5.86. The molecule has 100 valence electrons. The largest absolute Gasteiger partial charge is 0.502 e. The number of esters is 1. The number of phenols is 1. The molecule has 0 saturated carbocycles. The van der Waals surface area contributed by atoms with Crippen molar-refractivity contribution in [1.29, 1.82) is 0 Å². The van der Waals surface area contributed by atoms with Crippen LogP contribution in [0, 0.1) is 0 Å². The van der Waals surface area contributed by atoms with Crippen LogP contribution in [0.5, 0.6) is 17.2 Å². The van der Waals surface area contributed by atoms with Crippen LogP contribution in [0.2, 0.25) is 0 Å². The molecule has 0 aromatic heterocycles. The third kappa shape index (κ3) is 3.99. The number of carbonyl (C=O) groups is 2. The van der Waals surface area contributed by atoms with Crippen LogP contribution in [-0.4, -0.2) is 24.5 Å². The monoisotopic (exact) mass is 262 g/mol. The number of allylic oxidation sites excluding steroid dienone is 3. The normalized spacial score (nSPS) is 10.8. The van der Waals surface area contributed by atoms with E-state index in [0.717, 1.165) is 0 Å². The highest BCUT2D eigenvalue weighted by Gasteiger charge is 2.13. The zero-order valence-corrected chi connectivity index (χ0v) is 10.6. The predicted molar refractivity (Wildman–Crippen MR) is 69.6 cm³/mol. The van der Waals surface area contributed by atoms with Gasteiger partial charge in [-0.15, -0.1) is 0 Å². The van der Waals surface area contributed by atoms with E-state index in [-0.39, 0.29) is 22.8 Å². The molecule has 0 amide bonds. The molecule has 0 radical (unpaired) electrons. The number of carbonyl (C=O) groups excluding carboxylic acids is 2. The van der Waals surface area contributed by atoms with Gasteiger partial charge in [0, 0.05) is 11.6 Å². The number of hydrogen-bond acceptors (Lipinski definition) is 5.